The first-order valence-electron chi connectivity index (χ1n) is 10.4. The number of ketones is 1. The number of nitrogens with one attached hydrogen (secondary N) is 1. The Morgan fingerprint density at radius 2 is 1.63 bits per heavy atom. The van der Waals surface area contributed by atoms with E-state index < -0.39 is 0 Å². The largest absolute Gasteiger partial charge is 0.455 e. The highest BCUT2D eigenvalue weighted by Gasteiger charge is 2.41. The van der Waals surface area contributed by atoms with Crippen molar-refractivity contribution in [1.29, 1.82) is 0 Å². The first-order chi connectivity index (χ1) is 14.6. The summed E-state index contributed by atoms with van der Waals surface area (Å²) in [6.07, 6.45) is 3.93. The Morgan fingerprint density at radius 1 is 0.967 bits per heavy atom. The molecule has 1 N–H and O–H groups in total. The average Bonchev–Trinajstić information content (AvgIpc) is 2.74. The molecule has 2 aromatic rings. The molecule has 0 radical (unpaired) electrons. The lowest BCUT2D eigenvalue weighted by Crippen LogP contribution is -2.40. The van der Waals surface area contributed by atoms with Crippen LogP contribution in [0.4, 0.5) is 5.69 Å². The van der Waals surface area contributed by atoms with Crippen LogP contribution >= 0.6 is 11.8 Å². The van der Waals surface area contributed by atoms with Crippen LogP contribution < -0.4 is 5.32 Å². The van der Waals surface area contributed by atoms with Crippen molar-refractivity contribution in [2.45, 2.75) is 41.9 Å². The zero-order valence-corrected chi connectivity index (χ0v) is 17.5. The second-order valence-corrected chi connectivity index (χ2v) is 9.08. The normalized spacial score (nSPS) is 22.9. The van der Waals surface area contributed by atoms with Crippen molar-refractivity contribution in [3.8, 4) is 0 Å². The van der Waals surface area contributed by atoms with Gasteiger partial charge in [0.15, 0.2) is 6.61 Å². The number of carbonyl (C=O) groups is 3. The van der Waals surface area contributed by atoms with Gasteiger partial charge in [-0.2, -0.15) is 0 Å². The number of carbonyl (C=O) groups excluding carboxylic acids is 3. The molecule has 2 saturated carbocycles. The van der Waals surface area contributed by atoms with E-state index in [0.29, 0.717) is 24.3 Å². The topological polar surface area (TPSA) is 72.5 Å². The second-order valence-electron chi connectivity index (χ2n) is 7.96. The molecule has 2 bridgehead atoms. The fourth-order valence-electron chi connectivity index (χ4n) is 4.39. The second kappa shape index (κ2) is 9.47. The predicted molar refractivity (Wildman–Crippen MR) is 115 cm³/mol. The summed E-state index contributed by atoms with van der Waals surface area (Å²) in [5, 5.41) is 2.84. The lowest BCUT2D eigenvalue weighted by Gasteiger charge is -2.36. The van der Waals surface area contributed by atoms with Crippen molar-refractivity contribution in [3.63, 3.8) is 0 Å². The van der Waals surface area contributed by atoms with E-state index in [2.05, 4.69) is 5.32 Å². The molecule has 0 aromatic heterocycles. The molecule has 30 heavy (non-hydrogen) atoms. The summed E-state index contributed by atoms with van der Waals surface area (Å²) in [5.41, 5.74) is 0.685. The number of para-hydroxylation sites is 1. The third-order valence-electron chi connectivity index (χ3n) is 5.86. The molecule has 0 spiro atoms. The van der Waals surface area contributed by atoms with E-state index in [9.17, 15) is 14.4 Å². The van der Waals surface area contributed by atoms with Gasteiger partial charge in [-0.15, -0.1) is 0 Å². The molecule has 2 aliphatic rings. The van der Waals surface area contributed by atoms with Crippen molar-refractivity contribution < 1.29 is 19.1 Å². The van der Waals surface area contributed by atoms with Gasteiger partial charge in [-0.3, -0.25) is 14.4 Å². The molecule has 4 rings (SSSR count). The third kappa shape index (κ3) is 4.93. The molecule has 6 heteroatoms. The fourth-order valence-corrected chi connectivity index (χ4v) is 5.31. The van der Waals surface area contributed by atoms with Gasteiger partial charge in [0.25, 0.3) is 5.91 Å². The summed E-state index contributed by atoms with van der Waals surface area (Å²) >= 11 is 1.56. The minimum Gasteiger partial charge on any atom is -0.455 e. The summed E-state index contributed by atoms with van der Waals surface area (Å²) in [6, 6.07) is 17.5. The summed E-state index contributed by atoms with van der Waals surface area (Å²) in [7, 11) is 0. The van der Waals surface area contributed by atoms with E-state index in [0.717, 1.165) is 29.1 Å². The number of fused-ring (bicyclic) bond motifs is 2. The van der Waals surface area contributed by atoms with E-state index in [1.807, 2.05) is 54.6 Å². The zero-order chi connectivity index (χ0) is 20.9. The van der Waals surface area contributed by atoms with Gasteiger partial charge in [0.2, 0.25) is 0 Å². The molecule has 0 saturated heterocycles. The Bertz CT molecular complexity index is 914. The van der Waals surface area contributed by atoms with Crippen LogP contribution in [0.1, 0.15) is 32.1 Å². The van der Waals surface area contributed by atoms with Crippen LogP contribution in [-0.4, -0.2) is 24.3 Å². The van der Waals surface area contributed by atoms with E-state index >= 15 is 0 Å². The van der Waals surface area contributed by atoms with Crippen LogP contribution in [0.25, 0.3) is 0 Å². The van der Waals surface area contributed by atoms with Crippen LogP contribution in [0, 0.1) is 17.8 Å². The van der Waals surface area contributed by atoms with Crippen molar-refractivity contribution in [2.75, 3.05) is 11.9 Å². The first kappa shape index (κ1) is 20.7. The average molecular weight is 424 g/mol. The molecule has 0 aliphatic heterocycles. The first-order valence-corrected chi connectivity index (χ1v) is 11.2. The number of rotatable bonds is 6. The summed E-state index contributed by atoms with van der Waals surface area (Å²) in [5.74, 6) is -0.697. The number of amides is 1. The van der Waals surface area contributed by atoms with Crippen molar-refractivity contribution in [3.05, 3.63) is 54.6 Å². The SMILES string of the molecule is O=C(COC(=O)C1CC2CCCC(C1)C2=O)Nc1ccccc1Sc1ccccc1. The number of ether oxygens (including phenoxy) is 1. The smallest absolute Gasteiger partial charge is 0.309 e. The molecule has 2 fully saturated rings. The van der Waals surface area contributed by atoms with E-state index in [1.165, 1.54) is 0 Å². The maximum atomic E-state index is 12.5. The molecule has 1 amide bonds. The third-order valence-corrected chi connectivity index (χ3v) is 6.94. The van der Waals surface area contributed by atoms with Crippen LogP contribution in [0.2, 0.25) is 0 Å². The van der Waals surface area contributed by atoms with Gasteiger partial charge in [-0.05, 0) is 49.9 Å². The molecule has 0 heterocycles. The van der Waals surface area contributed by atoms with Gasteiger partial charge in [-0.1, -0.05) is 48.5 Å². The maximum Gasteiger partial charge on any atom is 0.309 e. The molecule has 5 nitrogen and oxygen atoms in total. The van der Waals surface area contributed by atoms with Crippen molar-refractivity contribution in [1.82, 2.24) is 0 Å². The molecule has 2 aromatic carbocycles. The minimum absolute atomic E-state index is 0.00855. The van der Waals surface area contributed by atoms with Gasteiger partial charge in [0.1, 0.15) is 5.78 Å². The molecule has 2 atom stereocenters. The monoisotopic (exact) mass is 423 g/mol. The molecule has 2 aliphatic carbocycles. The highest BCUT2D eigenvalue weighted by atomic mass is 32.2. The van der Waals surface area contributed by atoms with Crippen LogP contribution in [0.15, 0.2) is 64.4 Å². The Labute approximate surface area is 180 Å². The zero-order valence-electron chi connectivity index (χ0n) is 16.7. The lowest BCUT2D eigenvalue weighted by molar-refractivity contribution is -0.155. The van der Waals surface area contributed by atoms with E-state index in [4.69, 9.17) is 4.74 Å². The van der Waals surface area contributed by atoms with E-state index in [-0.39, 0.29) is 36.2 Å². The number of esters is 1. The van der Waals surface area contributed by atoms with Crippen LogP contribution in [0.3, 0.4) is 0 Å². The van der Waals surface area contributed by atoms with Gasteiger partial charge < -0.3 is 10.1 Å². The van der Waals surface area contributed by atoms with Crippen LogP contribution in [-0.2, 0) is 19.1 Å². The number of anilines is 1. The summed E-state index contributed by atoms with van der Waals surface area (Å²) in [4.78, 5) is 39.1. The standard InChI is InChI=1S/C24H25NO4S/c26-22(15-29-24(28)18-13-16-7-6-8-17(14-18)23(16)27)25-20-11-4-5-12-21(20)30-19-9-2-1-3-10-19/h1-5,9-12,16-18H,6-8,13-15H2,(H,25,26). The lowest BCUT2D eigenvalue weighted by atomic mass is 9.67. The highest BCUT2D eigenvalue weighted by Crippen LogP contribution is 2.40. The maximum absolute atomic E-state index is 12.5. The minimum atomic E-state index is -0.364. The fraction of sp³-hybridized carbons (Fsp3) is 0.375. The van der Waals surface area contributed by atoms with Crippen molar-refractivity contribution in [2.24, 2.45) is 17.8 Å². The van der Waals surface area contributed by atoms with Gasteiger partial charge in [-0.25, -0.2) is 0 Å². The summed E-state index contributed by atoms with van der Waals surface area (Å²) in [6.45, 7) is -0.317. The molecule has 2 unspecified atom stereocenters. The van der Waals surface area contributed by atoms with Crippen LogP contribution in [0.5, 0.6) is 0 Å². The Balaban J connectivity index is 1.31. The quantitative estimate of drug-likeness (QED) is 0.681. The number of benzene rings is 2. The van der Waals surface area contributed by atoms with Gasteiger partial charge in [0.05, 0.1) is 11.6 Å². The Morgan fingerprint density at radius 3 is 2.37 bits per heavy atom. The molecule has 156 valence electrons. The Hall–Kier alpha value is -2.60. The number of hydrogen-bond donors (Lipinski definition) is 1. The number of hydrogen-bond acceptors (Lipinski definition) is 5. The summed E-state index contributed by atoms with van der Waals surface area (Å²) < 4.78 is 5.31. The molecular formula is C24H25NO4S. The molecular weight excluding hydrogens is 398 g/mol. The predicted octanol–water partition coefficient (Wildman–Crippen LogP) is 4.71. The van der Waals surface area contributed by atoms with E-state index in [1.54, 1.807) is 11.8 Å². The van der Waals surface area contributed by atoms with Crippen molar-refractivity contribution >= 4 is 35.1 Å². The highest BCUT2D eigenvalue weighted by molar-refractivity contribution is 7.99. The Kier molecular flexibility index (Phi) is 6.53. The van der Waals surface area contributed by atoms with Gasteiger partial charge >= 0.3 is 5.97 Å². The van der Waals surface area contributed by atoms with Gasteiger partial charge in [0, 0.05) is 21.6 Å². The number of Topliss-reactive ketones (excluding diaryl/α,β-unsaturated/α-hetero) is 1.